The highest BCUT2D eigenvalue weighted by molar-refractivity contribution is 7.87. The van der Waals surface area contributed by atoms with Gasteiger partial charge in [-0.2, -0.15) is 8.42 Å². The highest BCUT2D eigenvalue weighted by Gasteiger charge is 2.20. The van der Waals surface area contributed by atoms with E-state index in [1.54, 1.807) is 12.1 Å². The van der Waals surface area contributed by atoms with Crippen molar-refractivity contribution in [2.75, 3.05) is 10.8 Å². The molecule has 0 aliphatic rings. The van der Waals surface area contributed by atoms with Crippen LogP contribution in [0.25, 0.3) is 0 Å². The second-order valence-electron chi connectivity index (χ2n) is 9.94. The maximum absolute atomic E-state index is 11.9. The number of hydrogen-bond donors (Lipinski definition) is 1. The Balaban J connectivity index is 2.21. The zero-order valence-electron chi connectivity index (χ0n) is 20.5. The van der Waals surface area contributed by atoms with E-state index in [0.29, 0.717) is 12.2 Å². The van der Waals surface area contributed by atoms with E-state index in [4.69, 9.17) is 0 Å². The lowest BCUT2D eigenvalue weighted by molar-refractivity contribution is 0.475. The topological polar surface area (TPSA) is 57.6 Å². The van der Waals surface area contributed by atoms with Crippen molar-refractivity contribution in [2.45, 2.75) is 123 Å². The molecule has 0 unspecified atom stereocenters. The number of hydrogen-bond acceptors (Lipinski definition) is 2. The van der Waals surface area contributed by atoms with Crippen molar-refractivity contribution in [1.82, 2.24) is 0 Å². The van der Waals surface area contributed by atoms with E-state index in [1.165, 1.54) is 70.6 Å². The number of unbranched alkanes of at least 4 members (excludes halogenated alkanes) is 13. The zero-order chi connectivity index (χ0) is 23.2. The van der Waals surface area contributed by atoms with Crippen LogP contribution in [0.1, 0.15) is 123 Å². The van der Waals surface area contributed by atoms with Crippen molar-refractivity contribution < 1.29 is 13.0 Å². The fourth-order valence-electron chi connectivity index (χ4n) is 3.96. The van der Waals surface area contributed by atoms with Crippen LogP contribution in [0.15, 0.2) is 24.3 Å². The first-order valence-electron chi connectivity index (χ1n) is 12.5. The maximum Gasteiger partial charge on any atom is 0.359 e. The molecule has 0 saturated carbocycles. The van der Waals surface area contributed by atoms with E-state index in [9.17, 15) is 13.0 Å². The molecule has 0 amide bonds. The second kappa shape index (κ2) is 14.9. The summed E-state index contributed by atoms with van der Waals surface area (Å²) >= 11 is 0. The van der Waals surface area contributed by atoms with Crippen LogP contribution in [-0.4, -0.2) is 19.5 Å². The summed E-state index contributed by atoms with van der Waals surface area (Å²) in [6, 6.07) is 7.47. The SMILES string of the molecule is CCCCCCCCCCCCCCCCN(c1ccc(C(C)(C)C)cc1)S(=O)(=O)O. The van der Waals surface area contributed by atoms with Crippen molar-refractivity contribution in [3.63, 3.8) is 0 Å². The Morgan fingerprint density at radius 3 is 1.45 bits per heavy atom. The van der Waals surface area contributed by atoms with Crippen molar-refractivity contribution in [3.05, 3.63) is 29.8 Å². The van der Waals surface area contributed by atoms with Gasteiger partial charge in [0.05, 0.1) is 5.69 Å². The highest BCUT2D eigenvalue weighted by atomic mass is 32.2. The minimum Gasteiger partial charge on any atom is -0.269 e. The van der Waals surface area contributed by atoms with Gasteiger partial charge in [0, 0.05) is 6.54 Å². The van der Waals surface area contributed by atoms with Crippen LogP contribution >= 0.6 is 0 Å². The molecule has 1 N–H and O–H groups in total. The van der Waals surface area contributed by atoms with Crippen LogP contribution in [-0.2, 0) is 15.7 Å². The number of anilines is 1. The molecule has 0 aliphatic heterocycles. The van der Waals surface area contributed by atoms with Gasteiger partial charge < -0.3 is 0 Å². The smallest absolute Gasteiger partial charge is 0.269 e. The summed E-state index contributed by atoms with van der Waals surface area (Å²) in [5, 5.41) is 0. The van der Waals surface area contributed by atoms with E-state index in [-0.39, 0.29) is 5.41 Å². The summed E-state index contributed by atoms with van der Waals surface area (Å²) in [5.74, 6) is 0. The van der Waals surface area contributed by atoms with Crippen molar-refractivity contribution in [1.29, 1.82) is 0 Å². The van der Waals surface area contributed by atoms with Crippen molar-refractivity contribution in [2.24, 2.45) is 0 Å². The quantitative estimate of drug-likeness (QED) is 0.191. The van der Waals surface area contributed by atoms with Gasteiger partial charge in [0.25, 0.3) is 0 Å². The number of rotatable bonds is 17. The third-order valence-corrected chi connectivity index (χ3v) is 6.96. The lowest BCUT2D eigenvalue weighted by Gasteiger charge is -2.23. The van der Waals surface area contributed by atoms with E-state index in [0.717, 1.165) is 29.1 Å². The molecule has 0 fully saturated rings. The Morgan fingerprint density at radius 2 is 1.10 bits per heavy atom. The van der Waals surface area contributed by atoms with Gasteiger partial charge in [-0.05, 0) is 29.5 Å². The Morgan fingerprint density at radius 1 is 0.710 bits per heavy atom. The molecular weight excluding hydrogens is 406 g/mol. The summed E-state index contributed by atoms with van der Waals surface area (Å²) in [6.07, 6.45) is 17.6. The fraction of sp³-hybridized carbons (Fsp3) is 0.769. The predicted octanol–water partition coefficient (Wildman–Crippen LogP) is 8.07. The first-order valence-corrected chi connectivity index (χ1v) is 13.9. The number of benzene rings is 1. The molecule has 1 aromatic rings. The molecular formula is C26H47NO3S. The van der Waals surface area contributed by atoms with Gasteiger partial charge in [0.15, 0.2) is 0 Å². The monoisotopic (exact) mass is 453 g/mol. The first-order chi connectivity index (χ1) is 14.7. The summed E-state index contributed by atoms with van der Waals surface area (Å²) in [7, 11) is -4.25. The lowest BCUT2D eigenvalue weighted by atomic mass is 9.87. The molecule has 0 radical (unpaired) electrons. The average Bonchev–Trinajstić information content (AvgIpc) is 2.69. The third-order valence-electron chi connectivity index (χ3n) is 6.01. The van der Waals surface area contributed by atoms with Gasteiger partial charge in [-0.3, -0.25) is 4.55 Å². The van der Waals surface area contributed by atoms with Crippen LogP contribution in [0.2, 0.25) is 0 Å². The predicted molar refractivity (Wildman–Crippen MR) is 134 cm³/mol. The minimum absolute atomic E-state index is 0.0100. The van der Waals surface area contributed by atoms with Crippen molar-refractivity contribution in [3.8, 4) is 0 Å². The zero-order valence-corrected chi connectivity index (χ0v) is 21.4. The molecule has 0 bridgehead atoms. The Labute approximate surface area is 192 Å². The van der Waals surface area contributed by atoms with Gasteiger partial charge in [-0.1, -0.05) is 123 Å². The lowest BCUT2D eigenvalue weighted by Crippen LogP contribution is -2.31. The largest absolute Gasteiger partial charge is 0.359 e. The van der Waals surface area contributed by atoms with E-state index in [2.05, 4.69) is 27.7 Å². The Hall–Kier alpha value is -1.07. The summed E-state index contributed by atoms with van der Waals surface area (Å²) < 4.78 is 34.5. The summed E-state index contributed by atoms with van der Waals surface area (Å²) in [6.45, 7) is 8.95. The molecule has 0 atom stereocenters. The molecule has 1 aromatic carbocycles. The molecule has 1 rings (SSSR count). The van der Waals surface area contributed by atoms with Crippen molar-refractivity contribution >= 4 is 16.0 Å². The molecule has 31 heavy (non-hydrogen) atoms. The average molecular weight is 454 g/mol. The second-order valence-corrected chi connectivity index (χ2v) is 11.3. The fourth-order valence-corrected chi connectivity index (χ4v) is 4.70. The van der Waals surface area contributed by atoms with Crippen LogP contribution < -0.4 is 4.31 Å². The van der Waals surface area contributed by atoms with Crippen LogP contribution in [0, 0.1) is 0 Å². The van der Waals surface area contributed by atoms with E-state index >= 15 is 0 Å². The summed E-state index contributed by atoms with van der Waals surface area (Å²) in [5.41, 5.74) is 1.68. The molecule has 0 spiro atoms. The van der Waals surface area contributed by atoms with Crippen LogP contribution in [0.3, 0.4) is 0 Å². The molecule has 4 nitrogen and oxygen atoms in total. The van der Waals surface area contributed by atoms with E-state index in [1.807, 2.05) is 12.1 Å². The first kappa shape index (κ1) is 28.0. The van der Waals surface area contributed by atoms with Gasteiger partial charge in [-0.25, -0.2) is 4.31 Å². The van der Waals surface area contributed by atoms with Gasteiger partial charge in [0.2, 0.25) is 0 Å². The standard InChI is InChI=1S/C26H47NO3S/c1-5-6-7-8-9-10-11-12-13-14-15-16-17-18-23-27(31(28,29)30)25-21-19-24(20-22-25)26(2,3)4/h19-22H,5-18,23H2,1-4H3,(H,28,29,30). The molecule has 0 aliphatic carbocycles. The van der Waals surface area contributed by atoms with Crippen LogP contribution in [0.5, 0.6) is 0 Å². The van der Waals surface area contributed by atoms with Gasteiger partial charge in [-0.15, -0.1) is 0 Å². The van der Waals surface area contributed by atoms with Crippen LogP contribution in [0.4, 0.5) is 5.69 Å². The van der Waals surface area contributed by atoms with Gasteiger partial charge >= 0.3 is 10.3 Å². The Bertz CT molecular complexity index is 678. The van der Waals surface area contributed by atoms with Gasteiger partial charge in [0.1, 0.15) is 0 Å². The third kappa shape index (κ3) is 12.5. The molecule has 0 heterocycles. The molecule has 5 heteroatoms. The minimum atomic E-state index is -4.25. The highest BCUT2D eigenvalue weighted by Crippen LogP contribution is 2.26. The number of nitrogens with zero attached hydrogens (tertiary/aromatic N) is 1. The molecule has 180 valence electrons. The molecule has 0 saturated heterocycles. The Kier molecular flexibility index (Phi) is 13.4. The van der Waals surface area contributed by atoms with E-state index < -0.39 is 10.3 Å². The molecule has 0 aromatic heterocycles. The summed E-state index contributed by atoms with van der Waals surface area (Å²) in [4.78, 5) is 0. The maximum atomic E-state index is 11.9. The normalized spacial score (nSPS) is 12.3.